The topological polar surface area (TPSA) is 105 Å². The lowest BCUT2D eigenvalue weighted by Crippen LogP contribution is -2.15. The molecule has 0 radical (unpaired) electrons. The average molecular weight is 635 g/mol. The fourth-order valence-corrected chi connectivity index (χ4v) is 4.30. The molecule has 8 nitrogen and oxygen atoms in total. The van der Waals surface area contributed by atoms with Crippen molar-refractivity contribution in [1.82, 2.24) is 0 Å². The molecule has 0 aliphatic carbocycles. The average Bonchev–Trinajstić information content (AvgIpc) is 3.00. The fourth-order valence-electron chi connectivity index (χ4n) is 4.30. The maximum Gasteiger partial charge on any atom is 0.338 e. The van der Waals surface area contributed by atoms with Crippen LogP contribution in [-0.4, -0.2) is 23.9 Å². The van der Waals surface area contributed by atoms with Crippen molar-refractivity contribution in [1.29, 1.82) is 0 Å². The van der Waals surface area contributed by atoms with Crippen molar-refractivity contribution in [2.75, 3.05) is 0 Å². The summed E-state index contributed by atoms with van der Waals surface area (Å²) < 4.78 is 22.5. The summed E-state index contributed by atoms with van der Waals surface area (Å²) >= 11 is 0. The van der Waals surface area contributed by atoms with Crippen LogP contribution in [0.4, 0.5) is 0 Å². The second-order valence-corrected chi connectivity index (χ2v) is 11.3. The molecular weight excluding hydrogens is 596 g/mol. The van der Waals surface area contributed by atoms with Gasteiger partial charge in [-0.1, -0.05) is 56.7 Å². The second-order valence-electron chi connectivity index (χ2n) is 11.3. The Morgan fingerprint density at radius 1 is 0.553 bits per heavy atom. The highest BCUT2D eigenvalue weighted by Gasteiger charge is 2.26. The van der Waals surface area contributed by atoms with E-state index in [0.717, 1.165) is 5.56 Å². The molecule has 47 heavy (non-hydrogen) atoms. The highest BCUT2D eigenvalue weighted by Crippen LogP contribution is 2.46. The normalized spacial score (nSPS) is 10.6. The summed E-state index contributed by atoms with van der Waals surface area (Å²) in [5, 5.41) is 0. The van der Waals surface area contributed by atoms with Gasteiger partial charge in [0, 0.05) is 44.5 Å². The van der Waals surface area contributed by atoms with Crippen LogP contribution in [0.3, 0.4) is 0 Å². The number of ether oxygens (including phenoxy) is 4. The Bertz CT molecular complexity index is 1870. The highest BCUT2D eigenvalue weighted by atomic mass is 16.5. The summed E-state index contributed by atoms with van der Waals surface area (Å²) in [6.45, 7) is 26.2. The summed E-state index contributed by atoms with van der Waals surface area (Å²) in [6.07, 6.45) is 3.53. The van der Waals surface area contributed by atoms with Crippen LogP contribution in [0.15, 0.2) is 91.1 Å². The van der Waals surface area contributed by atoms with E-state index in [9.17, 15) is 19.2 Å². The molecule has 0 unspecified atom stereocenters. The largest absolute Gasteiger partial charge is 0.423 e. The zero-order valence-corrected chi connectivity index (χ0v) is 27.8. The SMILES string of the molecule is C=C(C)C(=O)Oc1ccc(/C=C/c2c(C)c(OC(=O)C(=C)C)c(-c3ccc(OC(=O)C(=C)C)cc3C)c(C)c2OC(=O)C(=C)C)cc1. The first-order chi connectivity index (χ1) is 22.0. The summed E-state index contributed by atoms with van der Waals surface area (Å²) in [6, 6.07) is 11.8. The number of esters is 4. The summed E-state index contributed by atoms with van der Waals surface area (Å²) in [4.78, 5) is 49.9. The molecule has 0 fully saturated rings. The van der Waals surface area contributed by atoms with Gasteiger partial charge < -0.3 is 18.9 Å². The smallest absolute Gasteiger partial charge is 0.338 e. The molecule has 3 rings (SSSR count). The summed E-state index contributed by atoms with van der Waals surface area (Å²) in [7, 11) is 0. The van der Waals surface area contributed by atoms with Gasteiger partial charge in [0.25, 0.3) is 0 Å². The van der Waals surface area contributed by atoms with Gasteiger partial charge in [-0.15, -0.1) is 0 Å². The quantitative estimate of drug-likeness (QED) is 0.0897. The van der Waals surface area contributed by atoms with Crippen molar-refractivity contribution >= 4 is 36.0 Å². The lowest BCUT2D eigenvalue weighted by atomic mass is 9.89. The Kier molecular flexibility index (Phi) is 11.4. The van der Waals surface area contributed by atoms with Crippen molar-refractivity contribution < 1.29 is 38.1 Å². The third kappa shape index (κ3) is 8.70. The first-order valence-corrected chi connectivity index (χ1v) is 14.6. The highest BCUT2D eigenvalue weighted by molar-refractivity contribution is 5.96. The molecule has 3 aromatic rings. The van der Waals surface area contributed by atoms with Crippen LogP contribution in [-0.2, 0) is 19.2 Å². The summed E-state index contributed by atoms with van der Waals surface area (Å²) in [5.74, 6) is -1.23. The van der Waals surface area contributed by atoms with Gasteiger partial charge in [-0.2, -0.15) is 0 Å². The molecule has 0 heterocycles. The molecule has 0 N–H and O–H groups in total. The molecule has 242 valence electrons. The molecule has 3 aromatic carbocycles. The van der Waals surface area contributed by atoms with Crippen molar-refractivity contribution in [3.63, 3.8) is 0 Å². The molecule has 0 aromatic heterocycles. The van der Waals surface area contributed by atoms with E-state index in [2.05, 4.69) is 26.3 Å². The van der Waals surface area contributed by atoms with Crippen LogP contribution in [0.25, 0.3) is 23.3 Å². The van der Waals surface area contributed by atoms with E-state index in [0.29, 0.717) is 44.9 Å². The van der Waals surface area contributed by atoms with E-state index in [1.807, 2.05) is 6.92 Å². The van der Waals surface area contributed by atoms with Gasteiger partial charge in [0.2, 0.25) is 0 Å². The summed E-state index contributed by atoms with van der Waals surface area (Å²) in [5.41, 5.74) is 4.98. The van der Waals surface area contributed by atoms with Crippen molar-refractivity contribution in [3.05, 3.63) is 119 Å². The number of carbonyl (C=O) groups is 4. The number of aryl methyl sites for hydroxylation is 1. The minimum Gasteiger partial charge on any atom is -0.423 e. The Morgan fingerprint density at radius 2 is 1.00 bits per heavy atom. The van der Waals surface area contributed by atoms with Gasteiger partial charge in [-0.3, -0.25) is 0 Å². The molecule has 0 amide bonds. The van der Waals surface area contributed by atoms with E-state index >= 15 is 0 Å². The maximum absolute atomic E-state index is 12.9. The molecule has 0 spiro atoms. The number of hydrogen-bond acceptors (Lipinski definition) is 8. The first kappa shape index (κ1) is 35.7. The molecular formula is C39H38O8. The second kappa shape index (κ2) is 15.0. The van der Waals surface area contributed by atoms with Crippen molar-refractivity contribution in [2.24, 2.45) is 0 Å². The van der Waals surface area contributed by atoms with Crippen LogP contribution < -0.4 is 18.9 Å². The number of benzene rings is 3. The minimum absolute atomic E-state index is 0.189. The lowest BCUT2D eigenvalue weighted by molar-refractivity contribution is -0.131. The maximum atomic E-state index is 12.9. The van der Waals surface area contributed by atoms with E-state index < -0.39 is 23.9 Å². The molecule has 8 heteroatoms. The molecule has 0 aliphatic heterocycles. The Labute approximate surface area is 275 Å². The predicted molar refractivity (Wildman–Crippen MR) is 183 cm³/mol. The fraction of sp³-hybridized carbons (Fsp3) is 0.179. The first-order valence-electron chi connectivity index (χ1n) is 14.6. The van der Waals surface area contributed by atoms with Crippen LogP contribution in [0, 0.1) is 20.8 Å². The van der Waals surface area contributed by atoms with Gasteiger partial charge in [-0.05, 0) is 89.4 Å². The predicted octanol–water partition coefficient (Wildman–Crippen LogP) is 8.38. The Hall–Kier alpha value is -5.76. The van der Waals surface area contributed by atoms with E-state index in [-0.39, 0.29) is 33.8 Å². The van der Waals surface area contributed by atoms with Crippen LogP contribution in [0.2, 0.25) is 0 Å². The Balaban J connectivity index is 2.26. The van der Waals surface area contributed by atoms with Crippen LogP contribution in [0.1, 0.15) is 55.5 Å². The van der Waals surface area contributed by atoms with E-state index in [1.165, 1.54) is 0 Å². The van der Waals surface area contributed by atoms with Crippen molar-refractivity contribution in [2.45, 2.75) is 48.5 Å². The van der Waals surface area contributed by atoms with Gasteiger partial charge in [0.15, 0.2) is 0 Å². The van der Waals surface area contributed by atoms with Gasteiger partial charge in [0.1, 0.15) is 23.0 Å². The van der Waals surface area contributed by atoms with Crippen molar-refractivity contribution in [3.8, 4) is 34.1 Å². The molecule has 0 saturated carbocycles. The van der Waals surface area contributed by atoms with Gasteiger partial charge in [0.05, 0.1) is 0 Å². The van der Waals surface area contributed by atoms with Gasteiger partial charge >= 0.3 is 23.9 Å². The Morgan fingerprint density at radius 3 is 1.49 bits per heavy atom. The lowest BCUT2D eigenvalue weighted by Gasteiger charge is -2.23. The minimum atomic E-state index is -0.639. The molecule has 0 bridgehead atoms. The standard InChI is InChI=1S/C39H38O8/c1-21(2)36(40)44-29-15-12-28(13-16-29)14-18-32-26(10)35(47-39(43)24(7)8)33(27(11)34(32)46-38(42)23(5)6)31-19-17-30(20-25(31)9)45-37(41)22(3)4/h12-20H,1,3,5,7H2,2,4,6,8-11H3/b18-14+. The zero-order chi connectivity index (χ0) is 35.2. The van der Waals surface area contributed by atoms with E-state index in [4.69, 9.17) is 18.9 Å². The van der Waals surface area contributed by atoms with Crippen LogP contribution >= 0.6 is 0 Å². The molecule has 0 aliphatic rings. The number of carbonyl (C=O) groups excluding carboxylic acids is 4. The number of hydrogen-bond donors (Lipinski definition) is 0. The number of rotatable bonds is 11. The third-order valence-corrected chi connectivity index (χ3v) is 6.93. The van der Waals surface area contributed by atoms with E-state index in [1.54, 1.807) is 96.2 Å². The molecule has 0 atom stereocenters. The molecule has 0 saturated heterocycles. The zero-order valence-electron chi connectivity index (χ0n) is 27.8. The monoisotopic (exact) mass is 634 g/mol. The third-order valence-electron chi connectivity index (χ3n) is 6.93. The van der Waals surface area contributed by atoms with Crippen LogP contribution in [0.5, 0.6) is 23.0 Å². The van der Waals surface area contributed by atoms with Gasteiger partial charge in [-0.25, -0.2) is 19.2 Å².